The van der Waals surface area contributed by atoms with Crippen LogP contribution in [0.5, 0.6) is 5.75 Å². The Morgan fingerprint density at radius 3 is 2.13 bits per heavy atom. The molecular weight excluding hydrogens is 558 g/mol. The molecule has 0 radical (unpaired) electrons. The first-order valence-corrected chi connectivity index (χ1v) is 14.1. The fourth-order valence-electron chi connectivity index (χ4n) is 5.88. The number of carbonyl (C=O) groups is 3. The van der Waals surface area contributed by atoms with Crippen LogP contribution in [0.2, 0.25) is 0 Å². The van der Waals surface area contributed by atoms with Crippen molar-refractivity contribution in [2.75, 3.05) is 11.9 Å². The van der Waals surface area contributed by atoms with Crippen LogP contribution in [0, 0.1) is 17.8 Å². The summed E-state index contributed by atoms with van der Waals surface area (Å²) in [5.41, 5.74) is 3.37. The van der Waals surface area contributed by atoms with Crippen molar-refractivity contribution in [2.45, 2.75) is 66.2 Å². The molecule has 2 aromatic carbocycles. The van der Waals surface area contributed by atoms with E-state index >= 15 is 0 Å². The van der Waals surface area contributed by atoms with E-state index in [0.29, 0.717) is 64.3 Å². The Labute approximate surface area is 238 Å². The van der Waals surface area contributed by atoms with Gasteiger partial charge in [-0.15, -0.1) is 0 Å². The van der Waals surface area contributed by atoms with Crippen molar-refractivity contribution >= 4 is 39.1 Å². The molecule has 204 valence electrons. The summed E-state index contributed by atoms with van der Waals surface area (Å²) in [6, 6.07) is 13.1. The third-order valence-electron chi connectivity index (χ3n) is 7.53. The Hall–Kier alpha value is -3.19. The molecule has 0 bridgehead atoms. The molecule has 2 aromatic rings. The summed E-state index contributed by atoms with van der Waals surface area (Å²) in [5, 5.41) is 2.84. The van der Waals surface area contributed by atoms with Gasteiger partial charge in [0.2, 0.25) is 0 Å². The minimum absolute atomic E-state index is 0.0275. The van der Waals surface area contributed by atoms with E-state index in [-0.39, 0.29) is 34.9 Å². The third kappa shape index (κ3) is 5.74. The molecule has 5 rings (SSSR count). The van der Waals surface area contributed by atoms with Crippen molar-refractivity contribution in [1.82, 2.24) is 0 Å². The van der Waals surface area contributed by atoms with Gasteiger partial charge in [0.05, 0.1) is 4.47 Å². The van der Waals surface area contributed by atoms with Crippen molar-refractivity contribution in [3.8, 4) is 5.75 Å². The number of hydrogen-bond acceptors (Lipinski definition) is 5. The smallest absolute Gasteiger partial charge is 0.262 e. The Bertz CT molecular complexity index is 1400. The maximum atomic E-state index is 13.5. The number of carbonyl (C=O) groups excluding carboxylic acids is 3. The third-order valence-corrected chi connectivity index (χ3v) is 8.15. The van der Waals surface area contributed by atoms with E-state index in [1.807, 2.05) is 43.3 Å². The molecule has 1 heterocycles. The van der Waals surface area contributed by atoms with Crippen LogP contribution in [0.25, 0.3) is 0 Å². The van der Waals surface area contributed by atoms with Crippen molar-refractivity contribution in [3.05, 3.63) is 80.7 Å². The summed E-state index contributed by atoms with van der Waals surface area (Å²) >= 11 is 3.59. The van der Waals surface area contributed by atoms with Crippen LogP contribution in [0.15, 0.2) is 69.6 Å². The van der Waals surface area contributed by atoms with E-state index in [9.17, 15) is 14.4 Å². The monoisotopic (exact) mass is 591 g/mol. The molecule has 7 heteroatoms. The number of allylic oxidation sites excluding steroid dienone is 4. The lowest BCUT2D eigenvalue weighted by atomic mass is 9.65. The van der Waals surface area contributed by atoms with Crippen molar-refractivity contribution < 1.29 is 23.9 Å². The van der Waals surface area contributed by atoms with Crippen LogP contribution in [-0.2, 0) is 19.1 Å². The molecular formula is C32H34BrNO5. The van der Waals surface area contributed by atoms with Gasteiger partial charge in [-0.1, -0.05) is 45.9 Å². The number of rotatable bonds is 5. The lowest BCUT2D eigenvalue weighted by Crippen LogP contribution is -2.37. The molecule has 0 atom stereocenters. The summed E-state index contributed by atoms with van der Waals surface area (Å²) in [6.45, 7) is 10.1. The number of Topliss-reactive ketones (excluding diaryl/α,β-unsaturated/α-hetero) is 2. The topological polar surface area (TPSA) is 81.7 Å². The predicted octanol–water partition coefficient (Wildman–Crippen LogP) is 7.18. The van der Waals surface area contributed by atoms with Gasteiger partial charge < -0.3 is 14.8 Å². The van der Waals surface area contributed by atoms with Crippen molar-refractivity contribution in [3.63, 3.8) is 0 Å². The highest BCUT2D eigenvalue weighted by Crippen LogP contribution is 2.53. The number of halogens is 1. The van der Waals surface area contributed by atoms with E-state index in [2.05, 4.69) is 48.9 Å². The number of amides is 1. The molecule has 1 N–H and O–H groups in total. The summed E-state index contributed by atoms with van der Waals surface area (Å²) in [4.78, 5) is 39.4. The first-order valence-electron chi connectivity index (χ1n) is 13.3. The Morgan fingerprint density at radius 2 is 1.56 bits per heavy atom. The standard InChI is InChI=1S/C32H34BrNO5/c1-18-7-6-8-20(11-18)34-27(37)17-38-24-10-9-19(12-21(24)33)28-29-22(35)13-31(2,3)15-25(29)39-26-16-32(4,5)14-23(36)30(26)28/h6-12,28H,13-17H2,1-5H3,(H,34,37). The molecule has 1 amide bonds. The minimum atomic E-state index is -0.481. The maximum Gasteiger partial charge on any atom is 0.262 e. The molecule has 2 aliphatic carbocycles. The lowest BCUT2D eigenvalue weighted by molar-refractivity contribution is -0.120. The zero-order valence-electron chi connectivity index (χ0n) is 23.1. The molecule has 0 unspecified atom stereocenters. The first-order chi connectivity index (χ1) is 18.3. The number of ketones is 2. The van der Waals surface area contributed by atoms with Crippen LogP contribution in [0.4, 0.5) is 5.69 Å². The molecule has 0 aromatic heterocycles. The number of nitrogens with one attached hydrogen (secondary N) is 1. The molecule has 0 saturated heterocycles. The second-order valence-electron chi connectivity index (χ2n) is 12.5. The number of benzene rings is 2. The summed E-state index contributed by atoms with van der Waals surface area (Å²) in [7, 11) is 0. The average molecular weight is 593 g/mol. The van der Waals surface area contributed by atoms with E-state index in [4.69, 9.17) is 9.47 Å². The van der Waals surface area contributed by atoms with Gasteiger partial charge in [-0.05, 0) is 69.1 Å². The van der Waals surface area contributed by atoms with Crippen LogP contribution in [0.3, 0.4) is 0 Å². The molecule has 3 aliphatic rings. The minimum Gasteiger partial charge on any atom is -0.483 e. The van der Waals surface area contributed by atoms with Crippen LogP contribution < -0.4 is 10.1 Å². The van der Waals surface area contributed by atoms with E-state index < -0.39 is 5.92 Å². The molecule has 39 heavy (non-hydrogen) atoms. The predicted molar refractivity (Wildman–Crippen MR) is 153 cm³/mol. The van der Waals surface area contributed by atoms with Gasteiger partial charge in [-0.25, -0.2) is 0 Å². The molecule has 6 nitrogen and oxygen atoms in total. The highest BCUT2D eigenvalue weighted by Gasteiger charge is 2.47. The van der Waals surface area contributed by atoms with Crippen LogP contribution >= 0.6 is 15.9 Å². The number of hydrogen-bond donors (Lipinski definition) is 1. The van der Waals surface area contributed by atoms with Gasteiger partial charge in [0.1, 0.15) is 17.3 Å². The summed E-state index contributed by atoms with van der Waals surface area (Å²) in [6.07, 6.45) is 2.11. The second-order valence-corrected chi connectivity index (χ2v) is 13.3. The second kappa shape index (κ2) is 10.1. The quantitative estimate of drug-likeness (QED) is 0.398. The molecule has 1 aliphatic heterocycles. The van der Waals surface area contributed by atoms with Gasteiger partial charge in [-0.3, -0.25) is 14.4 Å². The first kappa shape index (κ1) is 27.4. The van der Waals surface area contributed by atoms with Gasteiger partial charge in [0.15, 0.2) is 18.2 Å². The molecule has 0 fully saturated rings. The number of aryl methyl sites for hydroxylation is 1. The van der Waals surface area contributed by atoms with Crippen molar-refractivity contribution in [2.24, 2.45) is 10.8 Å². The summed E-state index contributed by atoms with van der Waals surface area (Å²) in [5.74, 6) is 1.19. The lowest BCUT2D eigenvalue weighted by Gasteiger charge is -2.42. The Kier molecular flexibility index (Phi) is 7.08. The van der Waals surface area contributed by atoms with E-state index in [1.54, 1.807) is 6.07 Å². The molecule has 0 saturated carbocycles. The van der Waals surface area contributed by atoms with Gasteiger partial charge in [-0.2, -0.15) is 0 Å². The van der Waals surface area contributed by atoms with E-state index in [1.165, 1.54) is 0 Å². The average Bonchev–Trinajstić information content (AvgIpc) is 2.80. The van der Waals surface area contributed by atoms with Gasteiger partial charge >= 0.3 is 0 Å². The normalized spacial score (nSPS) is 20.3. The Balaban J connectivity index is 1.43. The number of ether oxygens (including phenoxy) is 2. The highest BCUT2D eigenvalue weighted by atomic mass is 79.9. The highest BCUT2D eigenvalue weighted by molar-refractivity contribution is 9.10. The fourth-order valence-corrected chi connectivity index (χ4v) is 6.40. The SMILES string of the molecule is Cc1cccc(NC(=O)COc2ccc(C3C4=C(CC(C)(C)CC4=O)OC4=C3C(=O)CC(C)(C)C4)cc2Br)c1. The Morgan fingerprint density at radius 1 is 0.949 bits per heavy atom. The zero-order valence-corrected chi connectivity index (χ0v) is 24.7. The van der Waals surface area contributed by atoms with Gasteiger partial charge in [0.25, 0.3) is 5.91 Å². The number of anilines is 1. The fraction of sp³-hybridized carbons (Fsp3) is 0.406. The molecule has 0 spiro atoms. The summed E-state index contributed by atoms with van der Waals surface area (Å²) < 4.78 is 12.8. The van der Waals surface area contributed by atoms with Crippen LogP contribution in [0.1, 0.15) is 70.4 Å². The maximum absolute atomic E-state index is 13.5. The van der Waals surface area contributed by atoms with E-state index in [0.717, 1.165) is 11.1 Å². The van der Waals surface area contributed by atoms with Crippen molar-refractivity contribution in [1.29, 1.82) is 0 Å². The largest absolute Gasteiger partial charge is 0.483 e. The zero-order chi connectivity index (χ0) is 28.1. The van der Waals surface area contributed by atoms with Gasteiger partial charge in [0, 0.05) is 48.4 Å². The van der Waals surface area contributed by atoms with Crippen LogP contribution in [-0.4, -0.2) is 24.1 Å².